The minimum atomic E-state index is -1.04. The second-order valence-electron chi connectivity index (χ2n) is 7.84. The number of halogens is 2. The van der Waals surface area contributed by atoms with Crippen LogP contribution in [-0.2, 0) is 10.3 Å². The molecular formula is C21H25F2N5O3S. The summed E-state index contributed by atoms with van der Waals surface area (Å²) in [6.45, 7) is -1.04. The first kappa shape index (κ1) is 22.8. The maximum absolute atomic E-state index is 15.1. The van der Waals surface area contributed by atoms with E-state index in [1.54, 1.807) is 24.9 Å². The largest absolute Gasteiger partial charge is 0.445 e. The number of fused-ring (bicyclic) bond motifs is 1. The summed E-state index contributed by atoms with van der Waals surface area (Å²) >= 11 is 1.60. The van der Waals surface area contributed by atoms with Crippen molar-refractivity contribution in [3.05, 3.63) is 47.7 Å². The van der Waals surface area contributed by atoms with Crippen LogP contribution in [0.4, 0.5) is 14.5 Å². The summed E-state index contributed by atoms with van der Waals surface area (Å²) in [6.07, 6.45) is 4.70. The molecular weight excluding hydrogens is 440 g/mol. The Hall–Kier alpha value is -2.34. The van der Waals surface area contributed by atoms with Crippen LogP contribution in [-0.4, -0.2) is 47.2 Å². The zero-order chi connectivity index (χ0) is 22.7. The number of ether oxygens (including phenoxy) is 2. The highest BCUT2D eigenvalue weighted by atomic mass is 32.2. The van der Waals surface area contributed by atoms with Crippen molar-refractivity contribution < 1.29 is 23.0 Å². The second kappa shape index (κ2) is 9.65. The molecule has 1 amide bonds. The molecule has 2 fully saturated rings. The van der Waals surface area contributed by atoms with Gasteiger partial charge in [-0.1, -0.05) is 0 Å². The van der Waals surface area contributed by atoms with Gasteiger partial charge >= 0.3 is 0 Å². The van der Waals surface area contributed by atoms with Crippen molar-refractivity contribution in [3.63, 3.8) is 0 Å². The number of nitrogens with zero attached hydrogens (tertiary/aromatic N) is 2. The van der Waals surface area contributed by atoms with Crippen molar-refractivity contribution in [1.29, 1.82) is 0 Å². The molecule has 8 nitrogen and oxygen atoms in total. The van der Waals surface area contributed by atoms with Gasteiger partial charge in [-0.15, -0.1) is 11.8 Å². The Balaban J connectivity index is 1.59. The number of methoxy groups -OCH3 is 1. The van der Waals surface area contributed by atoms with E-state index < -0.39 is 18.3 Å². The fraction of sp³-hybridized carbons (Fsp3) is 0.476. The van der Waals surface area contributed by atoms with Crippen molar-refractivity contribution >= 4 is 23.4 Å². The number of nitrogens with one attached hydrogen (secondary N) is 2. The zero-order valence-electron chi connectivity index (χ0n) is 17.5. The van der Waals surface area contributed by atoms with Gasteiger partial charge in [-0.25, -0.2) is 18.7 Å². The Morgan fingerprint density at radius 1 is 1.41 bits per heavy atom. The molecule has 1 aromatic heterocycles. The fourth-order valence-corrected chi connectivity index (χ4v) is 5.65. The lowest BCUT2D eigenvalue weighted by molar-refractivity contribution is 0.00676. The maximum atomic E-state index is 15.1. The molecule has 1 aromatic carbocycles. The minimum Gasteiger partial charge on any atom is -0.445 e. The lowest BCUT2D eigenvalue weighted by Gasteiger charge is -2.51. The summed E-state index contributed by atoms with van der Waals surface area (Å²) in [6, 6.07) is 4.49. The molecule has 2 aromatic rings. The Labute approximate surface area is 188 Å². The smallest absolute Gasteiger partial charge is 0.275 e. The summed E-state index contributed by atoms with van der Waals surface area (Å²) in [4.78, 5) is 20.4. The van der Waals surface area contributed by atoms with Gasteiger partial charge in [0.15, 0.2) is 0 Å². The van der Waals surface area contributed by atoms with Gasteiger partial charge in [0.05, 0.1) is 24.0 Å². The summed E-state index contributed by atoms with van der Waals surface area (Å²) in [5, 5.41) is 6.16. The Morgan fingerprint density at radius 3 is 2.97 bits per heavy atom. The average molecular weight is 466 g/mol. The second-order valence-corrected chi connectivity index (χ2v) is 9.02. The standard InChI is InChI=1S/C21H25F2N5O3S/c1-30-14-4-5-21(12(6-14)10-32-20(24)28-21)15-7-13(2-3-16(15)23)27-19(29)17-8-26-18(9-25-17)31-11-22/h2-3,7-9,12,14,20,28H,4-6,10-11,24H2,1H3,(H,27,29)/t12?,14-,20?,21?/m1/s1. The Kier molecular flexibility index (Phi) is 6.89. The molecule has 1 aliphatic heterocycles. The number of anilines is 1. The molecule has 1 aliphatic carbocycles. The molecule has 2 heterocycles. The van der Waals surface area contributed by atoms with Gasteiger partial charge < -0.3 is 20.5 Å². The van der Waals surface area contributed by atoms with Crippen LogP contribution in [0.5, 0.6) is 5.88 Å². The van der Waals surface area contributed by atoms with Crippen molar-refractivity contribution in [1.82, 2.24) is 15.3 Å². The van der Waals surface area contributed by atoms with E-state index in [4.69, 9.17) is 10.5 Å². The van der Waals surface area contributed by atoms with E-state index in [-0.39, 0.29) is 34.9 Å². The van der Waals surface area contributed by atoms with Gasteiger partial charge in [0.1, 0.15) is 17.0 Å². The van der Waals surface area contributed by atoms with E-state index in [1.807, 2.05) is 0 Å². The average Bonchev–Trinajstić information content (AvgIpc) is 2.80. The highest BCUT2D eigenvalue weighted by Crippen LogP contribution is 2.48. The quantitative estimate of drug-likeness (QED) is 0.597. The van der Waals surface area contributed by atoms with Gasteiger partial charge in [0, 0.05) is 24.1 Å². The third-order valence-electron chi connectivity index (χ3n) is 6.08. The molecule has 1 saturated carbocycles. The van der Waals surface area contributed by atoms with Gasteiger partial charge in [-0.2, -0.15) is 0 Å². The van der Waals surface area contributed by atoms with E-state index in [0.717, 1.165) is 24.8 Å². The number of aromatic nitrogens is 2. The SMILES string of the molecule is CO[C@@H]1CCC2(c3cc(NC(=O)c4cnc(OCF)cn4)ccc3F)NC(N)SCC2C1. The van der Waals surface area contributed by atoms with Gasteiger partial charge in [0.2, 0.25) is 12.7 Å². The first-order chi connectivity index (χ1) is 15.4. The van der Waals surface area contributed by atoms with E-state index in [9.17, 15) is 9.18 Å². The lowest BCUT2D eigenvalue weighted by atomic mass is 9.68. The Morgan fingerprint density at radius 2 is 2.25 bits per heavy atom. The topological polar surface area (TPSA) is 111 Å². The number of nitrogens with two attached hydrogens (primary N) is 1. The monoisotopic (exact) mass is 465 g/mol. The van der Waals surface area contributed by atoms with Crippen molar-refractivity contribution in [3.8, 4) is 5.88 Å². The summed E-state index contributed by atoms with van der Waals surface area (Å²) in [5.41, 5.74) is 6.15. The number of alkyl halides is 1. The van der Waals surface area contributed by atoms with E-state index in [2.05, 4.69) is 25.3 Å². The molecule has 2 aliphatic rings. The predicted octanol–water partition coefficient (Wildman–Crippen LogP) is 2.76. The minimum absolute atomic E-state index is 0.0212. The van der Waals surface area contributed by atoms with E-state index in [1.165, 1.54) is 18.3 Å². The summed E-state index contributed by atoms with van der Waals surface area (Å²) in [7, 11) is 1.70. The van der Waals surface area contributed by atoms with Gasteiger partial charge in [-0.3, -0.25) is 10.1 Å². The number of hydrogen-bond acceptors (Lipinski definition) is 8. The maximum Gasteiger partial charge on any atom is 0.275 e. The molecule has 4 atom stereocenters. The molecule has 0 spiro atoms. The van der Waals surface area contributed by atoms with Crippen LogP contribution < -0.4 is 21.1 Å². The number of rotatable bonds is 6. The lowest BCUT2D eigenvalue weighted by Crippen LogP contribution is -2.61. The number of thioether (sulfide) groups is 1. The molecule has 32 heavy (non-hydrogen) atoms. The summed E-state index contributed by atoms with van der Waals surface area (Å²) in [5.74, 6) is 0.00106. The molecule has 1 saturated heterocycles. The van der Waals surface area contributed by atoms with E-state index in [0.29, 0.717) is 17.7 Å². The molecule has 3 unspecified atom stereocenters. The number of hydrogen-bond donors (Lipinski definition) is 3. The van der Waals surface area contributed by atoms with Crippen LogP contribution in [0.3, 0.4) is 0 Å². The zero-order valence-corrected chi connectivity index (χ0v) is 18.3. The Bertz CT molecular complexity index is 967. The first-order valence-corrected chi connectivity index (χ1v) is 11.3. The highest BCUT2D eigenvalue weighted by Gasteiger charge is 2.49. The highest BCUT2D eigenvalue weighted by molar-refractivity contribution is 7.99. The van der Waals surface area contributed by atoms with E-state index >= 15 is 4.39 Å². The number of benzene rings is 1. The molecule has 11 heteroatoms. The van der Waals surface area contributed by atoms with Crippen molar-refractivity contribution in [2.45, 2.75) is 36.4 Å². The fourth-order valence-electron chi connectivity index (χ4n) is 4.50. The van der Waals surface area contributed by atoms with Crippen LogP contribution >= 0.6 is 11.8 Å². The third kappa shape index (κ3) is 4.56. The molecule has 0 bridgehead atoms. The molecule has 4 N–H and O–H groups in total. The third-order valence-corrected chi connectivity index (χ3v) is 7.15. The molecule has 172 valence electrons. The van der Waals surface area contributed by atoms with Crippen LogP contribution in [0, 0.1) is 11.7 Å². The van der Waals surface area contributed by atoms with Crippen LogP contribution in [0.2, 0.25) is 0 Å². The first-order valence-electron chi connectivity index (χ1n) is 10.2. The van der Waals surface area contributed by atoms with Gasteiger partial charge in [0.25, 0.3) is 5.91 Å². The molecule has 4 rings (SSSR count). The number of carbonyl (C=O) groups excluding carboxylic acids is 1. The normalized spacial score (nSPS) is 27.4. The van der Waals surface area contributed by atoms with Gasteiger partial charge in [-0.05, 0) is 43.4 Å². The van der Waals surface area contributed by atoms with Crippen LogP contribution in [0.15, 0.2) is 30.6 Å². The number of carbonyl (C=O) groups is 1. The molecule has 0 radical (unpaired) electrons. The van der Waals surface area contributed by atoms with Crippen molar-refractivity contribution in [2.75, 3.05) is 25.0 Å². The van der Waals surface area contributed by atoms with Crippen LogP contribution in [0.1, 0.15) is 35.3 Å². The summed E-state index contributed by atoms with van der Waals surface area (Å²) < 4.78 is 37.5. The van der Waals surface area contributed by atoms with Crippen LogP contribution in [0.25, 0.3) is 0 Å². The number of amides is 1. The predicted molar refractivity (Wildman–Crippen MR) is 116 cm³/mol. The van der Waals surface area contributed by atoms with Crippen molar-refractivity contribution in [2.24, 2.45) is 11.7 Å².